The molecule has 2 heterocycles. The van der Waals surface area contributed by atoms with E-state index in [4.69, 9.17) is 9.47 Å². The summed E-state index contributed by atoms with van der Waals surface area (Å²) >= 11 is 0. The van der Waals surface area contributed by atoms with Crippen LogP contribution in [0.25, 0.3) is 0 Å². The first-order chi connectivity index (χ1) is 13.7. The third-order valence-corrected chi connectivity index (χ3v) is 6.86. The average molecular weight is 424 g/mol. The van der Waals surface area contributed by atoms with Crippen molar-refractivity contribution in [1.82, 2.24) is 4.90 Å². The topological polar surface area (TPSA) is 110 Å². The van der Waals surface area contributed by atoms with Crippen molar-refractivity contribution in [2.45, 2.75) is 31.9 Å². The average Bonchev–Trinajstić information content (AvgIpc) is 3.05. The molecule has 1 fully saturated rings. The van der Waals surface area contributed by atoms with Gasteiger partial charge in [0.15, 0.2) is 22.5 Å². The van der Waals surface area contributed by atoms with Crippen LogP contribution in [0.15, 0.2) is 24.3 Å². The molecule has 158 valence electrons. The number of nitrogens with zero attached hydrogens (tertiary/aromatic N) is 2. The zero-order valence-corrected chi connectivity index (χ0v) is 17.2. The van der Waals surface area contributed by atoms with Gasteiger partial charge in [-0.15, -0.1) is 0 Å². The fourth-order valence-electron chi connectivity index (χ4n) is 3.46. The normalized spacial score (nSPS) is 21.1. The molecular weight excluding hydrogens is 400 g/mol. The highest BCUT2D eigenvalue weighted by molar-refractivity contribution is 7.91. The Kier molecular flexibility index (Phi) is 6.11. The Balaban J connectivity index is 1.53. The van der Waals surface area contributed by atoms with E-state index in [1.54, 1.807) is 24.3 Å². The number of benzene rings is 1. The van der Waals surface area contributed by atoms with Crippen LogP contribution in [0.5, 0.6) is 5.75 Å². The van der Waals surface area contributed by atoms with E-state index in [2.05, 4.69) is 0 Å². The molecule has 0 spiro atoms. The summed E-state index contributed by atoms with van der Waals surface area (Å²) in [4.78, 5) is 39.6. The third kappa shape index (κ3) is 4.87. The lowest BCUT2D eigenvalue weighted by atomic mass is 10.2. The molecule has 1 saturated heterocycles. The largest absolute Gasteiger partial charge is 0.482 e. The fourth-order valence-corrected chi connectivity index (χ4v) is 5.23. The molecule has 10 heteroatoms. The summed E-state index contributed by atoms with van der Waals surface area (Å²) in [6.45, 7) is 1.46. The molecule has 9 nitrogen and oxygen atoms in total. The molecule has 0 saturated carbocycles. The van der Waals surface area contributed by atoms with Gasteiger partial charge in [0.2, 0.25) is 0 Å². The third-order valence-electron chi connectivity index (χ3n) is 5.11. The van der Waals surface area contributed by atoms with Crippen molar-refractivity contribution >= 4 is 33.3 Å². The number of sulfone groups is 1. The fraction of sp³-hybridized carbons (Fsp3) is 0.526. The molecular formula is C19H24N2O7S. The summed E-state index contributed by atoms with van der Waals surface area (Å²) in [5.74, 6) is -0.782. The summed E-state index contributed by atoms with van der Waals surface area (Å²) in [7, 11) is -1.61. The van der Waals surface area contributed by atoms with Crippen LogP contribution >= 0.6 is 0 Å². The molecule has 1 aromatic carbocycles. The van der Waals surface area contributed by atoms with Crippen LogP contribution in [0, 0.1) is 0 Å². The first-order valence-corrected chi connectivity index (χ1v) is 11.2. The molecule has 0 aromatic heterocycles. The Morgan fingerprint density at radius 3 is 2.76 bits per heavy atom. The van der Waals surface area contributed by atoms with Gasteiger partial charge in [0.05, 0.1) is 23.6 Å². The van der Waals surface area contributed by atoms with E-state index in [9.17, 15) is 22.8 Å². The number of rotatable bonds is 6. The molecule has 2 aliphatic rings. The van der Waals surface area contributed by atoms with Gasteiger partial charge in [0.1, 0.15) is 5.75 Å². The van der Waals surface area contributed by atoms with Crippen LogP contribution in [0.3, 0.4) is 0 Å². The SMILES string of the molecule is CC(OC(=O)CCN1C(=O)COc2ccccc21)C(=O)N(C)C1CCS(=O)(=O)C1. The highest BCUT2D eigenvalue weighted by Gasteiger charge is 2.35. The van der Waals surface area contributed by atoms with E-state index in [-0.39, 0.29) is 37.0 Å². The molecule has 2 unspecified atom stereocenters. The molecule has 2 aliphatic heterocycles. The van der Waals surface area contributed by atoms with Crippen molar-refractivity contribution in [3.63, 3.8) is 0 Å². The van der Waals surface area contributed by atoms with E-state index < -0.39 is 33.9 Å². The van der Waals surface area contributed by atoms with Gasteiger partial charge >= 0.3 is 5.97 Å². The number of carbonyl (C=O) groups is 3. The van der Waals surface area contributed by atoms with E-state index in [1.807, 2.05) is 0 Å². The number of hydrogen-bond donors (Lipinski definition) is 0. The minimum atomic E-state index is -3.12. The van der Waals surface area contributed by atoms with Crippen LogP contribution in [0.2, 0.25) is 0 Å². The standard InChI is InChI=1S/C19H24N2O7S/c1-13(19(24)20(2)14-8-10-29(25,26)12-14)28-18(23)7-9-21-15-5-3-4-6-16(15)27-11-17(21)22/h3-6,13-14H,7-12H2,1-2H3. The number of amides is 2. The lowest BCUT2D eigenvalue weighted by molar-refractivity contribution is -0.159. The van der Waals surface area contributed by atoms with Gasteiger partial charge in [-0.25, -0.2) is 8.42 Å². The summed E-state index contributed by atoms with van der Waals surface area (Å²) in [6, 6.07) is 6.63. The number of anilines is 1. The quantitative estimate of drug-likeness (QED) is 0.607. The molecule has 1 aromatic rings. The number of carbonyl (C=O) groups excluding carboxylic acids is 3. The van der Waals surface area contributed by atoms with Gasteiger partial charge < -0.3 is 19.3 Å². The maximum absolute atomic E-state index is 12.5. The van der Waals surface area contributed by atoms with Crippen molar-refractivity contribution in [3.8, 4) is 5.75 Å². The van der Waals surface area contributed by atoms with Gasteiger partial charge in [-0.05, 0) is 25.5 Å². The number of hydrogen-bond acceptors (Lipinski definition) is 7. The molecule has 0 bridgehead atoms. The maximum atomic E-state index is 12.5. The van der Waals surface area contributed by atoms with E-state index in [1.165, 1.54) is 23.8 Å². The lowest BCUT2D eigenvalue weighted by Crippen LogP contribution is -2.44. The maximum Gasteiger partial charge on any atom is 0.308 e. The Morgan fingerprint density at radius 2 is 2.07 bits per heavy atom. The van der Waals surface area contributed by atoms with Gasteiger partial charge in [-0.3, -0.25) is 14.4 Å². The van der Waals surface area contributed by atoms with Crippen molar-refractivity contribution < 1.29 is 32.3 Å². The van der Waals surface area contributed by atoms with Crippen LogP contribution in [0.1, 0.15) is 19.8 Å². The van der Waals surface area contributed by atoms with Crippen LogP contribution in [0.4, 0.5) is 5.69 Å². The lowest BCUT2D eigenvalue weighted by Gasteiger charge is -2.29. The highest BCUT2D eigenvalue weighted by Crippen LogP contribution is 2.31. The van der Waals surface area contributed by atoms with Crippen LogP contribution in [-0.2, 0) is 29.0 Å². The summed E-state index contributed by atoms with van der Waals surface area (Å²) in [5.41, 5.74) is 0.586. The Hall–Kier alpha value is -2.62. The van der Waals surface area contributed by atoms with E-state index in [0.717, 1.165) is 0 Å². The van der Waals surface area contributed by atoms with Gasteiger partial charge in [0, 0.05) is 19.6 Å². The Morgan fingerprint density at radius 1 is 1.34 bits per heavy atom. The van der Waals surface area contributed by atoms with E-state index >= 15 is 0 Å². The number of esters is 1. The second-order valence-electron chi connectivity index (χ2n) is 7.19. The van der Waals surface area contributed by atoms with Crippen molar-refractivity contribution in [2.24, 2.45) is 0 Å². The van der Waals surface area contributed by atoms with E-state index in [0.29, 0.717) is 17.9 Å². The predicted molar refractivity (Wildman–Crippen MR) is 104 cm³/mol. The monoisotopic (exact) mass is 424 g/mol. The van der Waals surface area contributed by atoms with Crippen molar-refractivity contribution in [1.29, 1.82) is 0 Å². The zero-order valence-electron chi connectivity index (χ0n) is 16.4. The molecule has 0 aliphatic carbocycles. The highest BCUT2D eigenvalue weighted by atomic mass is 32.2. The second kappa shape index (κ2) is 8.40. The molecule has 29 heavy (non-hydrogen) atoms. The minimum absolute atomic E-state index is 0.0541. The van der Waals surface area contributed by atoms with Gasteiger partial charge in [0.25, 0.3) is 11.8 Å². The summed E-state index contributed by atoms with van der Waals surface area (Å²) in [5, 5.41) is 0. The molecule has 2 atom stereocenters. The smallest absolute Gasteiger partial charge is 0.308 e. The second-order valence-corrected chi connectivity index (χ2v) is 9.42. The van der Waals surface area contributed by atoms with Gasteiger partial charge in [-0.2, -0.15) is 0 Å². The number of likely N-dealkylation sites (N-methyl/N-ethyl adjacent to an activating group) is 1. The van der Waals surface area contributed by atoms with Crippen LogP contribution in [-0.4, -0.2) is 75.0 Å². The number of ether oxygens (including phenoxy) is 2. The molecule has 0 radical (unpaired) electrons. The number of fused-ring (bicyclic) bond motifs is 1. The Bertz CT molecular complexity index is 915. The van der Waals surface area contributed by atoms with Crippen molar-refractivity contribution in [2.75, 3.05) is 36.6 Å². The predicted octanol–water partition coefficient (Wildman–Crippen LogP) is 0.379. The zero-order chi connectivity index (χ0) is 21.2. The first kappa shape index (κ1) is 21.1. The number of para-hydroxylation sites is 2. The minimum Gasteiger partial charge on any atom is -0.482 e. The summed E-state index contributed by atoms with van der Waals surface area (Å²) < 4.78 is 33.8. The molecule has 2 amide bonds. The molecule has 3 rings (SSSR count). The molecule has 0 N–H and O–H groups in total. The van der Waals surface area contributed by atoms with Crippen molar-refractivity contribution in [3.05, 3.63) is 24.3 Å². The van der Waals surface area contributed by atoms with Crippen LogP contribution < -0.4 is 9.64 Å². The summed E-state index contributed by atoms with van der Waals surface area (Å²) in [6.07, 6.45) is -0.744. The first-order valence-electron chi connectivity index (χ1n) is 9.37. The van der Waals surface area contributed by atoms with Gasteiger partial charge in [-0.1, -0.05) is 12.1 Å². The Labute approximate surface area is 169 Å².